The first-order valence-corrected chi connectivity index (χ1v) is 16.7. The summed E-state index contributed by atoms with van der Waals surface area (Å²) in [7, 11) is 0. The summed E-state index contributed by atoms with van der Waals surface area (Å²) in [4.78, 5) is 41.1. The Morgan fingerprint density at radius 2 is 1.25 bits per heavy atom. The van der Waals surface area contributed by atoms with Gasteiger partial charge in [0.05, 0.1) is 0 Å². The van der Waals surface area contributed by atoms with Crippen LogP contribution < -0.4 is 16.0 Å². The van der Waals surface area contributed by atoms with Crippen molar-refractivity contribution in [1.29, 1.82) is 0 Å². The topological polar surface area (TPSA) is 87.3 Å². The molecule has 3 amide bonds. The lowest BCUT2D eigenvalue weighted by Crippen LogP contribution is -2.30. The van der Waals surface area contributed by atoms with Crippen LogP contribution in [0.15, 0.2) is 138 Å². The zero-order valence-electron chi connectivity index (χ0n) is 27.5. The van der Waals surface area contributed by atoms with Crippen LogP contribution >= 0.6 is 11.8 Å². The molecular weight excluding hydrogens is 615 g/mol. The first-order chi connectivity index (χ1) is 23.1. The Morgan fingerprint density at radius 3 is 1.85 bits per heavy atom. The Kier molecular flexibility index (Phi) is 11.3. The third-order valence-corrected chi connectivity index (χ3v) is 8.91. The fourth-order valence-electron chi connectivity index (χ4n) is 5.19. The molecule has 0 saturated carbocycles. The van der Waals surface area contributed by atoms with Crippen LogP contribution in [0.3, 0.4) is 0 Å². The summed E-state index contributed by atoms with van der Waals surface area (Å²) in [5, 5.41) is 8.30. The van der Waals surface area contributed by atoms with Crippen molar-refractivity contribution >= 4 is 46.9 Å². The minimum absolute atomic E-state index is 0.117. The number of thioether (sulfide) groups is 1. The largest absolute Gasteiger partial charge is 0.325 e. The van der Waals surface area contributed by atoms with E-state index in [0.29, 0.717) is 17.2 Å². The maximum absolute atomic E-state index is 13.6. The third-order valence-electron chi connectivity index (χ3n) is 7.64. The van der Waals surface area contributed by atoms with Crippen molar-refractivity contribution in [2.75, 3.05) is 10.6 Å². The molecule has 48 heavy (non-hydrogen) atoms. The Morgan fingerprint density at radius 1 is 0.646 bits per heavy atom. The van der Waals surface area contributed by atoms with Gasteiger partial charge in [0, 0.05) is 21.8 Å². The number of hydrogen-bond donors (Lipinski definition) is 3. The molecule has 0 heterocycles. The lowest BCUT2D eigenvalue weighted by Gasteiger charge is -2.18. The van der Waals surface area contributed by atoms with Crippen molar-refractivity contribution in [1.82, 2.24) is 5.32 Å². The van der Waals surface area contributed by atoms with E-state index in [1.165, 1.54) is 17.3 Å². The van der Waals surface area contributed by atoms with Crippen LogP contribution in [0.25, 0.3) is 6.08 Å². The van der Waals surface area contributed by atoms with Gasteiger partial charge in [-0.25, -0.2) is 0 Å². The van der Waals surface area contributed by atoms with Gasteiger partial charge in [-0.15, -0.1) is 11.8 Å². The normalized spacial score (nSPS) is 11.9. The summed E-state index contributed by atoms with van der Waals surface area (Å²) in [5.41, 5.74) is 6.88. The van der Waals surface area contributed by atoms with Gasteiger partial charge in [0.25, 0.3) is 11.8 Å². The fraction of sp³-hybridized carbons (Fsp3) is 0.146. The monoisotopic (exact) mass is 653 g/mol. The van der Waals surface area contributed by atoms with E-state index in [9.17, 15) is 14.4 Å². The molecule has 242 valence electrons. The van der Waals surface area contributed by atoms with Crippen molar-refractivity contribution in [3.8, 4) is 0 Å². The van der Waals surface area contributed by atoms with Gasteiger partial charge in [-0.2, -0.15) is 0 Å². The van der Waals surface area contributed by atoms with Gasteiger partial charge in [-0.1, -0.05) is 92.7 Å². The van der Waals surface area contributed by atoms with E-state index in [0.717, 1.165) is 32.8 Å². The summed E-state index contributed by atoms with van der Waals surface area (Å²) in [6.07, 6.45) is 1.67. The summed E-state index contributed by atoms with van der Waals surface area (Å²) in [5.74, 6) is -0.588. The highest BCUT2D eigenvalue weighted by Gasteiger charge is 2.23. The zero-order valence-corrected chi connectivity index (χ0v) is 28.3. The molecule has 6 nitrogen and oxygen atoms in total. The van der Waals surface area contributed by atoms with E-state index in [4.69, 9.17) is 0 Å². The highest BCUT2D eigenvalue weighted by Crippen LogP contribution is 2.37. The first kappa shape index (κ1) is 33.9. The van der Waals surface area contributed by atoms with E-state index in [1.54, 1.807) is 42.5 Å². The van der Waals surface area contributed by atoms with E-state index in [2.05, 4.69) is 35.9 Å². The second kappa shape index (κ2) is 15.9. The molecule has 1 atom stereocenters. The summed E-state index contributed by atoms with van der Waals surface area (Å²) in [6, 6.07) is 39.7. The van der Waals surface area contributed by atoms with Gasteiger partial charge in [0.2, 0.25) is 5.91 Å². The molecule has 5 aromatic rings. The second-order valence-corrected chi connectivity index (χ2v) is 13.1. The van der Waals surface area contributed by atoms with Crippen molar-refractivity contribution in [2.24, 2.45) is 0 Å². The molecule has 7 heteroatoms. The van der Waals surface area contributed by atoms with Gasteiger partial charge < -0.3 is 16.0 Å². The lowest BCUT2D eigenvalue weighted by molar-refractivity contribution is -0.116. The van der Waals surface area contributed by atoms with Gasteiger partial charge >= 0.3 is 0 Å². The molecule has 0 aliphatic rings. The van der Waals surface area contributed by atoms with Gasteiger partial charge in [0.15, 0.2) is 0 Å². The molecule has 0 spiro atoms. The zero-order chi connectivity index (χ0) is 34.0. The summed E-state index contributed by atoms with van der Waals surface area (Å²) in [6.45, 7) is 8.26. The van der Waals surface area contributed by atoms with Crippen LogP contribution in [0.4, 0.5) is 11.4 Å². The number of hydrogen-bond acceptors (Lipinski definition) is 4. The molecule has 0 radical (unpaired) electrons. The van der Waals surface area contributed by atoms with Crippen LogP contribution in [-0.4, -0.2) is 17.7 Å². The first-order valence-electron chi connectivity index (χ1n) is 15.8. The minimum Gasteiger partial charge on any atom is -0.325 e. The van der Waals surface area contributed by atoms with Gasteiger partial charge in [-0.05, 0) is 102 Å². The molecule has 0 saturated heterocycles. The minimum atomic E-state index is -0.503. The van der Waals surface area contributed by atoms with Crippen molar-refractivity contribution in [3.05, 3.63) is 166 Å². The third kappa shape index (κ3) is 9.33. The quantitative estimate of drug-likeness (QED) is 0.0980. The maximum atomic E-state index is 13.6. The van der Waals surface area contributed by atoms with Crippen molar-refractivity contribution in [2.45, 2.75) is 43.8 Å². The Balaban J connectivity index is 1.33. The van der Waals surface area contributed by atoms with Crippen LogP contribution in [-0.2, 0) is 9.59 Å². The highest BCUT2D eigenvalue weighted by molar-refractivity contribution is 8.00. The SMILES string of the molecule is Cc1cc(C)cc(NC(=O)C(Sc2ccc(NC(=O)/C(=C/c3ccc(C(C)C)cc3)NC(=O)c3ccccc3)cc2)c2ccccc2)c1. The molecule has 0 aliphatic carbocycles. The molecule has 1 unspecified atom stereocenters. The fourth-order valence-corrected chi connectivity index (χ4v) is 6.22. The van der Waals surface area contributed by atoms with E-state index < -0.39 is 11.2 Å². The molecule has 5 rings (SSSR count). The number of benzene rings is 5. The predicted molar refractivity (Wildman–Crippen MR) is 197 cm³/mol. The number of nitrogens with one attached hydrogen (secondary N) is 3. The maximum Gasteiger partial charge on any atom is 0.272 e. The van der Waals surface area contributed by atoms with Crippen LogP contribution in [0.2, 0.25) is 0 Å². The molecular formula is C41H39N3O3S. The van der Waals surface area contributed by atoms with E-state index in [1.807, 2.05) is 98.8 Å². The average molecular weight is 654 g/mol. The Bertz CT molecular complexity index is 1880. The summed E-state index contributed by atoms with van der Waals surface area (Å²) >= 11 is 1.43. The highest BCUT2D eigenvalue weighted by atomic mass is 32.2. The smallest absolute Gasteiger partial charge is 0.272 e. The molecule has 3 N–H and O–H groups in total. The van der Waals surface area contributed by atoms with Crippen molar-refractivity contribution in [3.63, 3.8) is 0 Å². The Labute approximate surface area is 286 Å². The van der Waals surface area contributed by atoms with Crippen molar-refractivity contribution < 1.29 is 14.4 Å². The number of carbonyl (C=O) groups is 3. The van der Waals surface area contributed by atoms with Crippen LogP contribution in [0.5, 0.6) is 0 Å². The molecule has 5 aromatic carbocycles. The van der Waals surface area contributed by atoms with Crippen LogP contribution in [0, 0.1) is 13.8 Å². The average Bonchev–Trinajstić information content (AvgIpc) is 3.08. The Hall–Kier alpha value is -5.40. The number of aryl methyl sites for hydroxylation is 2. The molecule has 0 bridgehead atoms. The number of rotatable bonds is 11. The molecule has 0 aliphatic heterocycles. The van der Waals surface area contributed by atoms with E-state index in [-0.39, 0.29) is 17.5 Å². The van der Waals surface area contributed by atoms with Gasteiger partial charge in [0.1, 0.15) is 10.9 Å². The van der Waals surface area contributed by atoms with Crippen LogP contribution in [0.1, 0.15) is 63.2 Å². The van der Waals surface area contributed by atoms with E-state index >= 15 is 0 Å². The molecule has 0 aromatic heterocycles. The standard InChI is InChI=1S/C41H39N3O3S/c1-27(2)31-17-15-30(16-18-31)26-37(44-39(45)33-13-9-6-10-14-33)40(46)42-34-19-21-36(22-20-34)48-38(32-11-7-5-8-12-32)41(47)43-35-24-28(3)23-29(4)25-35/h5-27,38H,1-4H3,(H,42,46)(H,43,47)(H,44,45)/b37-26-. The number of anilines is 2. The predicted octanol–water partition coefficient (Wildman–Crippen LogP) is 9.31. The number of amides is 3. The summed E-state index contributed by atoms with van der Waals surface area (Å²) < 4.78 is 0. The number of carbonyl (C=O) groups excluding carboxylic acids is 3. The lowest BCUT2D eigenvalue weighted by atomic mass is 10.0. The van der Waals surface area contributed by atoms with Gasteiger partial charge in [-0.3, -0.25) is 14.4 Å². The second-order valence-electron chi connectivity index (χ2n) is 12.0. The molecule has 0 fully saturated rings.